The third kappa shape index (κ3) is 2.08. The molecule has 4 rings (SSSR count). The molecule has 3 aromatic rings. The quantitative estimate of drug-likeness (QED) is 0.656. The second-order valence-corrected chi connectivity index (χ2v) is 6.21. The summed E-state index contributed by atoms with van der Waals surface area (Å²) in [6, 6.07) is 6.93. The normalized spacial score (nSPS) is 15.9. The van der Waals surface area contributed by atoms with E-state index in [1.165, 1.54) is 22.9 Å². The molecule has 1 unspecified atom stereocenters. The van der Waals surface area contributed by atoms with Gasteiger partial charge in [-0.2, -0.15) is 10.4 Å². The van der Waals surface area contributed by atoms with Crippen LogP contribution in [0.1, 0.15) is 33.2 Å². The van der Waals surface area contributed by atoms with Crippen molar-refractivity contribution in [2.24, 2.45) is 7.05 Å². The van der Waals surface area contributed by atoms with Gasteiger partial charge in [0.15, 0.2) is 0 Å². The summed E-state index contributed by atoms with van der Waals surface area (Å²) in [5.41, 5.74) is 8.38. The molecule has 2 aromatic carbocycles. The van der Waals surface area contributed by atoms with Crippen LogP contribution in [0.25, 0.3) is 10.9 Å². The zero-order valence-corrected chi connectivity index (χ0v) is 13.7. The molecule has 0 radical (unpaired) electrons. The van der Waals surface area contributed by atoms with Gasteiger partial charge in [0.2, 0.25) is 0 Å². The highest BCUT2D eigenvalue weighted by Crippen LogP contribution is 2.41. The first-order valence-corrected chi connectivity index (χ1v) is 7.75. The minimum atomic E-state index is -0.678. The van der Waals surface area contributed by atoms with Crippen LogP contribution in [0.3, 0.4) is 0 Å². The lowest BCUT2D eigenvalue weighted by Crippen LogP contribution is -2.20. The highest BCUT2D eigenvalue weighted by molar-refractivity contribution is 6.31. The van der Waals surface area contributed by atoms with Gasteiger partial charge in [0.25, 0.3) is 5.91 Å². The number of nitrogens with one attached hydrogen (secondary N) is 1. The molecule has 1 aromatic heterocycles. The monoisotopic (exact) mass is 355 g/mol. The first-order chi connectivity index (χ1) is 11.9. The molecule has 8 heteroatoms. The predicted octanol–water partition coefficient (Wildman–Crippen LogP) is 2.65. The van der Waals surface area contributed by atoms with Crippen molar-refractivity contribution in [1.82, 2.24) is 15.1 Å². The molecule has 1 aliphatic heterocycles. The van der Waals surface area contributed by atoms with Gasteiger partial charge < -0.3 is 11.1 Å². The number of anilines is 1. The Hall–Kier alpha value is -3.11. The number of nitrogens with zero attached hydrogens (tertiary/aromatic N) is 3. The zero-order valence-electron chi connectivity index (χ0n) is 13.0. The number of carbonyl (C=O) groups is 1. The summed E-state index contributed by atoms with van der Waals surface area (Å²) in [5.74, 6) is -0.855. The highest BCUT2D eigenvalue weighted by Gasteiger charge is 2.36. The molecule has 1 atom stereocenters. The lowest BCUT2D eigenvalue weighted by molar-refractivity contribution is 0.0961. The van der Waals surface area contributed by atoms with E-state index < -0.39 is 11.9 Å². The van der Waals surface area contributed by atoms with Crippen LogP contribution in [0, 0.1) is 17.1 Å². The number of rotatable bonds is 1. The van der Waals surface area contributed by atoms with Gasteiger partial charge in [-0.25, -0.2) is 4.39 Å². The highest BCUT2D eigenvalue weighted by atomic mass is 35.5. The number of hydrogen-bond acceptors (Lipinski definition) is 4. The standard InChI is InChI=1S/C17H11ClFN5O/c1-24-12(6-20)9-5-11(21)13-14(16(9)23-24)17(25)22-15(13)8-4-7(19)2-3-10(8)18/h2-5,15H,21H2,1H3,(H,22,25). The summed E-state index contributed by atoms with van der Waals surface area (Å²) >= 11 is 6.19. The molecule has 1 amide bonds. The van der Waals surface area contributed by atoms with E-state index in [1.54, 1.807) is 13.1 Å². The summed E-state index contributed by atoms with van der Waals surface area (Å²) in [6.07, 6.45) is 0. The topological polar surface area (TPSA) is 96.7 Å². The Morgan fingerprint density at radius 3 is 2.92 bits per heavy atom. The number of amides is 1. The molecule has 124 valence electrons. The summed E-state index contributed by atoms with van der Waals surface area (Å²) in [4.78, 5) is 12.6. The Morgan fingerprint density at radius 1 is 1.44 bits per heavy atom. The number of fused-ring (bicyclic) bond motifs is 3. The van der Waals surface area contributed by atoms with E-state index >= 15 is 0 Å². The number of aromatic nitrogens is 2. The lowest BCUT2D eigenvalue weighted by Gasteiger charge is -2.15. The van der Waals surface area contributed by atoms with Crippen molar-refractivity contribution in [3.63, 3.8) is 0 Å². The molecular weight excluding hydrogens is 345 g/mol. The fourth-order valence-corrected chi connectivity index (χ4v) is 3.51. The van der Waals surface area contributed by atoms with Crippen LogP contribution in [-0.4, -0.2) is 15.7 Å². The first-order valence-electron chi connectivity index (χ1n) is 7.37. The van der Waals surface area contributed by atoms with Gasteiger partial charge >= 0.3 is 0 Å². The number of carbonyl (C=O) groups excluding carboxylic acids is 1. The second-order valence-electron chi connectivity index (χ2n) is 5.81. The molecule has 0 aliphatic carbocycles. The summed E-state index contributed by atoms with van der Waals surface area (Å²) in [7, 11) is 1.62. The van der Waals surface area contributed by atoms with E-state index in [0.29, 0.717) is 38.4 Å². The molecule has 0 bridgehead atoms. The minimum absolute atomic E-state index is 0.289. The van der Waals surface area contributed by atoms with E-state index in [9.17, 15) is 14.4 Å². The van der Waals surface area contributed by atoms with Gasteiger partial charge in [-0.15, -0.1) is 0 Å². The van der Waals surface area contributed by atoms with E-state index in [2.05, 4.69) is 16.5 Å². The first kappa shape index (κ1) is 15.4. The Kier molecular flexibility index (Phi) is 3.20. The van der Waals surface area contributed by atoms with E-state index in [0.717, 1.165) is 0 Å². The van der Waals surface area contributed by atoms with Crippen LogP contribution in [0.2, 0.25) is 5.02 Å². The molecule has 0 spiro atoms. The molecule has 0 saturated carbocycles. The third-order valence-electron chi connectivity index (χ3n) is 4.37. The summed E-state index contributed by atoms with van der Waals surface area (Å²) in [5, 5.41) is 17.2. The molecule has 0 saturated heterocycles. The zero-order chi connectivity index (χ0) is 17.9. The average Bonchev–Trinajstić information content (AvgIpc) is 3.07. The molecule has 6 nitrogen and oxygen atoms in total. The summed E-state index contributed by atoms with van der Waals surface area (Å²) < 4.78 is 15.1. The van der Waals surface area contributed by atoms with Gasteiger partial charge in [-0.1, -0.05) is 11.6 Å². The molecule has 1 aliphatic rings. The number of benzene rings is 2. The summed E-state index contributed by atoms with van der Waals surface area (Å²) in [6.45, 7) is 0. The van der Waals surface area contributed by atoms with Crippen molar-refractivity contribution in [3.8, 4) is 6.07 Å². The fraction of sp³-hybridized carbons (Fsp3) is 0.118. The molecule has 3 N–H and O–H groups in total. The van der Waals surface area contributed by atoms with Crippen LogP contribution in [0.15, 0.2) is 24.3 Å². The van der Waals surface area contributed by atoms with Crippen molar-refractivity contribution in [1.29, 1.82) is 5.26 Å². The van der Waals surface area contributed by atoms with Crippen LogP contribution in [0.5, 0.6) is 0 Å². The van der Waals surface area contributed by atoms with Crippen molar-refractivity contribution >= 4 is 34.1 Å². The maximum Gasteiger partial charge on any atom is 0.254 e. The van der Waals surface area contributed by atoms with E-state index in [1.807, 2.05) is 0 Å². The van der Waals surface area contributed by atoms with Crippen LogP contribution >= 0.6 is 11.6 Å². The molecule has 0 fully saturated rings. The number of nitrogen functional groups attached to an aromatic ring is 1. The largest absolute Gasteiger partial charge is 0.398 e. The van der Waals surface area contributed by atoms with Crippen molar-refractivity contribution < 1.29 is 9.18 Å². The van der Waals surface area contributed by atoms with E-state index in [-0.39, 0.29) is 11.5 Å². The number of hydrogen-bond donors (Lipinski definition) is 2. The van der Waals surface area contributed by atoms with Gasteiger partial charge in [0, 0.05) is 34.3 Å². The maximum absolute atomic E-state index is 13.7. The van der Waals surface area contributed by atoms with Crippen LogP contribution in [0.4, 0.5) is 10.1 Å². The Labute approximate surface area is 146 Å². The van der Waals surface area contributed by atoms with Gasteiger partial charge in [0.1, 0.15) is 23.1 Å². The van der Waals surface area contributed by atoms with Crippen molar-refractivity contribution in [2.45, 2.75) is 6.04 Å². The molecule has 25 heavy (non-hydrogen) atoms. The number of nitriles is 1. The van der Waals surface area contributed by atoms with Crippen molar-refractivity contribution in [2.75, 3.05) is 5.73 Å². The smallest absolute Gasteiger partial charge is 0.254 e. The fourth-order valence-electron chi connectivity index (χ4n) is 3.28. The third-order valence-corrected chi connectivity index (χ3v) is 4.71. The van der Waals surface area contributed by atoms with Crippen LogP contribution in [-0.2, 0) is 7.05 Å². The van der Waals surface area contributed by atoms with Gasteiger partial charge in [-0.3, -0.25) is 9.48 Å². The Balaban J connectivity index is 2.04. The molecular formula is C17H11ClFN5O. The van der Waals surface area contributed by atoms with E-state index in [4.69, 9.17) is 17.3 Å². The SMILES string of the molecule is Cn1nc2c3c(c(N)cc2c1C#N)C(c1cc(F)ccc1Cl)NC3=O. The predicted molar refractivity (Wildman–Crippen MR) is 90.6 cm³/mol. The van der Waals surface area contributed by atoms with Gasteiger partial charge in [0.05, 0.1) is 11.6 Å². The maximum atomic E-state index is 13.7. The number of nitrogens with two attached hydrogens (primary N) is 1. The van der Waals surface area contributed by atoms with Crippen LogP contribution < -0.4 is 11.1 Å². The Morgan fingerprint density at radius 2 is 2.20 bits per heavy atom. The Bertz CT molecular complexity index is 1110. The number of aryl methyl sites for hydroxylation is 1. The average molecular weight is 356 g/mol. The van der Waals surface area contributed by atoms with Crippen molar-refractivity contribution in [3.05, 3.63) is 57.5 Å². The minimum Gasteiger partial charge on any atom is -0.398 e. The second kappa shape index (κ2) is 5.19. The van der Waals surface area contributed by atoms with Gasteiger partial charge in [-0.05, 0) is 24.3 Å². The number of halogens is 2. The molecule has 2 heterocycles. The lowest BCUT2D eigenvalue weighted by atomic mass is 9.94.